The summed E-state index contributed by atoms with van der Waals surface area (Å²) in [5, 5.41) is 11.5. The van der Waals surface area contributed by atoms with Gasteiger partial charge in [-0.05, 0) is 55.5 Å². The van der Waals surface area contributed by atoms with Crippen LogP contribution in [0.5, 0.6) is 0 Å². The smallest absolute Gasteiger partial charge is 0.412 e. The van der Waals surface area contributed by atoms with E-state index in [1.165, 1.54) is 17.0 Å². The van der Waals surface area contributed by atoms with Crippen LogP contribution in [-0.2, 0) is 0 Å². The second-order valence-corrected chi connectivity index (χ2v) is 7.74. The van der Waals surface area contributed by atoms with Gasteiger partial charge in [-0.3, -0.25) is 4.90 Å². The molecule has 6 nitrogen and oxygen atoms in total. The normalized spacial score (nSPS) is 19.5. The Hall–Kier alpha value is -3.69. The Morgan fingerprint density at radius 2 is 2.06 bits per heavy atom. The van der Waals surface area contributed by atoms with E-state index in [2.05, 4.69) is 21.9 Å². The largest absolute Gasteiger partial charge is 0.476 e. The Morgan fingerprint density at radius 1 is 1.27 bits per heavy atom. The number of nitrogens with zero attached hydrogens (tertiary/aromatic N) is 3. The molecule has 33 heavy (non-hydrogen) atoms. The van der Waals surface area contributed by atoms with Crippen LogP contribution in [0.3, 0.4) is 0 Å². The number of aliphatic imine (C=N–C) groups is 1. The fourth-order valence-electron chi connectivity index (χ4n) is 3.92. The van der Waals surface area contributed by atoms with Crippen LogP contribution >= 0.6 is 0 Å². The molecule has 1 aliphatic carbocycles. The van der Waals surface area contributed by atoms with Gasteiger partial charge < -0.3 is 10.4 Å². The SMILES string of the molecule is C=C1C=C(C2=CCCCC2)N=C2C(C(Nc3cccnc3C(=O)O)C(F)(F)F)=CC(F)=CN12. The lowest BCUT2D eigenvalue weighted by Gasteiger charge is -2.35. The van der Waals surface area contributed by atoms with Crippen molar-refractivity contribution in [2.75, 3.05) is 5.32 Å². The van der Waals surface area contributed by atoms with Gasteiger partial charge in [0.15, 0.2) is 11.7 Å². The van der Waals surface area contributed by atoms with E-state index in [9.17, 15) is 27.5 Å². The molecular formula is C23H20F4N4O2. The first-order valence-electron chi connectivity index (χ1n) is 10.2. The van der Waals surface area contributed by atoms with Gasteiger partial charge in [-0.25, -0.2) is 19.2 Å². The summed E-state index contributed by atoms with van der Waals surface area (Å²) in [6.07, 6.45) is 5.18. The topological polar surface area (TPSA) is 77.8 Å². The van der Waals surface area contributed by atoms with E-state index < -0.39 is 35.3 Å². The summed E-state index contributed by atoms with van der Waals surface area (Å²) in [6, 6.07) is 0.0242. The molecule has 10 heteroatoms. The predicted molar refractivity (Wildman–Crippen MR) is 115 cm³/mol. The highest BCUT2D eigenvalue weighted by atomic mass is 19.4. The number of rotatable bonds is 5. The summed E-state index contributed by atoms with van der Waals surface area (Å²) in [5.41, 5.74) is 0.234. The van der Waals surface area contributed by atoms with E-state index in [1.54, 1.807) is 6.08 Å². The van der Waals surface area contributed by atoms with Gasteiger partial charge >= 0.3 is 12.1 Å². The summed E-state index contributed by atoms with van der Waals surface area (Å²) in [5.74, 6) is -2.54. The van der Waals surface area contributed by atoms with Crippen molar-refractivity contribution in [2.45, 2.75) is 37.9 Å². The molecule has 1 atom stereocenters. The number of halogens is 4. The van der Waals surface area contributed by atoms with Gasteiger partial charge in [-0.1, -0.05) is 12.7 Å². The molecule has 0 bridgehead atoms. The van der Waals surface area contributed by atoms with Gasteiger partial charge in [-0.15, -0.1) is 0 Å². The van der Waals surface area contributed by atoms with Crippen molar-refractivity contribution in [3.05, 3.63) is 83.4 Å². The number of carbonyl (C=O) groups is 1. The number of pyridine rings is 1. The fourth-order valence-corrected chi connectivity index (χ4v) is 3.92. The summed E-state index contributed by atoms with van der Waals surface area (Å²) in [4.78, 5) is 20.7. The summed E-state index contributed by atoms with van der Waals surface area (Å²) < 4.78 is 57.1. The van der Waals surface area contributed by atoms with E-state index >= 15 is 0 Å². The second-order valence-electron chi connectivity index (χ2n) is 7.74. The molecule has 1 aromatic rings. The number of allylic oxidation sites excluding steroid dienone is 5. The van der Waals surface area contributed by atoms with Gasteiger partial charge in [0, 0.05) is 23.7 Å². The molecule has 3 heterocycles. The molecule has 172 valence electrons. The van der Waals surface area contributed by atoms with E-state index in [1.807, 2.05) is 6.08 Å². The number of fused-ring (bicyclic) bond motifs is 1. The van der Waals surface area contributed by atoms with Crippen LogP contribution in [0.15, 0.2) is 82.7 Å². The van der Waals surface area contributed by atoms with Crippen LogP contribution in [0.25, 0.3) is 0 Å². The summed E-state index contributed by atoms with van der Waals surface area (Å²) >= 11 is 0. The highest BCUT2D eigenvalue weighted by Crippen LogP contribution is 2.37. The fraction of sp³-hybridized carbons (Fsp3) is 0.261. The minimum absolute atomic E-state index is 0.124. The van der Waals surface area contributed by atoms with E-state index in [0.29, 0.717) is 5.70 Å². The number of alkyl halides is 3. The van der Waals surface area contributed by atoms with Crippen LogP contribution in [0, 0.1) is 0 Å². The Kier molecular flexibility index (Phi) is 5.92. The third-order valence-electron chi connectivity index (χ3n) is 5.44. The molecule has 1 unspecified atom stereocenters. The lowest BCUT2D eigenvalue weighted by Crippen LogP contribution is -2.45. The molecule has 2 aliphatic heterocycles. The monoisotopic (exact) mass is 460 g/mol. The average Bonchev–Trinajstić information content (AvgIpc) is 2.77. The molecule has 0 radical (unpaired) electrons. The number of carboxylic acids is 1. The maximum absolute atomic E-state index is 14.4. The number of hydrogen-bond donors (Lipinski definition) is 2. The summed E-state index contributed by atoms with van der Waals surface area (Å²) in [7, 11) is 0. The number of nitrogens with one attached hydrogen (secondary N) is 1. The lowest BCUT2D eigenvalue weighted by molar-refractivity contribution is -0.133. The Labute approximate surface area is 187 Å². The Morgan fingerprint density at radius 3 is 2.73 bits per heavy atom. The zero-order valence-corrected chi connectivity index (χ0v) is 17.4. The van der Waals surface area contributed by atoms with Crippen LogP contribution in [0.1, 0.15) is 36.2 Å². The van der Waals surface area contributed by atoms with Gasteiger partial charge in [0.1, 0.15) is 11.7 Å². The first-order chi connectivity index (χ1) is 15.6. The predicted octanol–water partition coefficient (Wildman–Crippen LogP) is 5.49. The van der Waals surface area contributed by atoms with E-state index in [-0.39, 0.29) is 17.2 Å². The van der Waals surface area contributed by atoms with Crippen LogP contribution in [-0.4, -0.2) is 39.0 Å². The van der Waals surface area contributed by atoms with Gasteiger partial charge in [0.2, 0.25) is 0 Å². The molecule has 0 spiro atoms. The highest BCUT2D eigenvalue weighted by Gasteiger charge is 2.46. The number of aromatic nitrogens is 1. The molecule has 0 saturated heterocycles. The van der Waals surface area contributed by atoms with Crippen molar-refractivity contribution in [2.24, 2.45) is 4.99 Å². The van der Waals surface area contributed by atoms with E-state index in [0.717, 1.165) is 49.7 Å². The standard InChI is InChI=1S/C23H20F4N4O2/c1-13-10-18(14-6-3-2-4-7-14)30-21-16(11-15(24)12-31(13)21)20(23(25,26)27)29-17-8-5-9-28-19(17)22(32)33/h5-6,8-12,20,29H,1-4,7H2,(H,32,33). The molecule has 4 rings (SSSR count). The van der Waals surface area contributed by atoms with Gasteiger partial charge in [0.05, 0.1) is 11.4 Å². The molecule has 0 fully saturated rings. The van der Waals surface area contributed by atoms with Crippen molar-refractivity contribution in [1.29, 1.82) is 0 Å². The zero-order valence-electron chi connectivity index (χ0n) is 17.4. The number of carboxylic acid groups (broad SMARTS) is 1. The number of anilines is 1. The summed E-state index contributed by atoms with van der Waals surface area (Å²) in [6.45, 7) is 3.87. The minimum Gasteiger partial charge on any atom is -0.476 e. The molecule has 2 N–H and O–H groups in total. The molecule has 0 aromatic carbocycles. The number of aromatic carboxylic acids is 1. The number of amidine groups is 1. The molecule has 0 saturated carbocycles. The van der Waals surface area contributed by atoms with Crippen LogP contribution in [0.4, 0.5) is 23.2 Å². The quantitative estimate of drug-likeness (QED) is 0.569. The third kappa shape index (κ3) is 4.59. The molecule has 0 amide bonds. The van der Waals surface area contributed by atoms with Crippen molar-refractivity contribution >= 4 is 17.5 Å². The van der Waals surface area contributed by atoms with Crippen molar-refractivity contribution < 1.29 is 27.5 Å². The van der Waals surface area contributed by atoms with Crippen molar-refractivity contribution in [1.82, 2.24) is 9.88 Å². The number of hydrogen-bond acceptors (Lipinski definition) is 5. The van der Waals surface area contributed by atoms with E-state index in [4.69, 9.17) is 0 Å². The van der Waals surface area contributed by atoms with Crippen molar-refractivity contribution in [3.8, 4) is 0 Å². The maximum Gasteiger partial charge on any atom is 0.412 e. The molecular weight excluding hydrogens is 440 g/mol. The van der Waals surface area contributed by atoms with Gasteiger partial charge in [-0.2, -0.15) is 13.2 Å². The minimum atomic E-state index is -4.91. The first-order valence-corrected chi connectivity index (χ1v) is 10.2. The van der Waals surface area contributed by atoms with Crippen molar-refractivity contribution in [3.63, 3.8) is 0 Å². The lowest BCUT2D eigenvalue weighted by atomic mass is 9.94. The highest BCUT2D eigenvalue weighted by molar-refractivity contribution is 6.05. The average molecular weight is 460 g/mol. The Balaban J connectivity index is 1.79. The molecule has 1 aromatic heterocycles. The third-order valence-corrected chi connectivity index (χ3v) is 5.44. The maximum atomic E-state index is 14.4. The van der Waals surface area contributed by atoms with Gasteiger partial charge in [0.25, 0.3) is 0 Å². The first kappa shape index (κ1) is 22.5. The molecule has 3 aliphatic rings. The second kappa shape index (κ2) is 8.68. The zero-order chi connectivity index (χ0) is 23.8. The Bertz CT molecular complexity index is 1160. The van der Waals surface area contributed by atoms with Crippen LogP contribution < -0.4 is 5.32 Å². The van der Waals surface area contributed by atoms with Crippen LogP contribution in [0.2, 0.25) is 0 Å².